The quantitative estimate of drug-likeness (QED) is 0.821. The summed E-state index contributed by atoms with van der Waals surface area (Å²) in [7, 11) is 0. The van der Waals surface area contributed by atoms with Crippen molar-refractivity contribution in [3.05, 3.63) is 33.8 Å². The van der Waals surface area contributed by atoms with Crippen LogP contribution in [0.25, 0.3) is 0 Å². The van der Waals surface area contributed by atoms with Crippen molar-refractivity contribution in [3.63, 3.8) is 0 Å². The van der Waals surface area contributed by atoms with Crippen LogP contribution in [0.4, 0.5) is 0 Å². The molecule has 1 amide bonds. The third-order valence-electron chi connectivity index (χ3n) is 4.25. The number of halogens is 1. The third-order valence-corrected chi connectivity index (χ3v) is 5.10. The first-order valence-corrected chi connectivity index (χ1v) is 8.62. The Morgan fingerprint density at radius 3 is 2.76 bits per heavy atom. The van der Waals surface area contributed by atoms with Gasteiger partial charge < -0.3 is 10.2 Å². The second kappa shape index (κ2) is 7.95. The number of rotatable bonds is 5. The molecule has 1 aliphatic rings. The van der Waals surface area contributed by atoms with Crippen LogP contribution in [-0.2, 0) is 0 Å². The maximum atomic E-state index is 12.1. The number of carbonyl (C=O) groups is 1. The van der Waals surface area contributed by atoms with E-state index < -0.39 is 0 Å². The molecule has 1 aromatic carbocycles. The van der Waals surface area contributed by atoms with E-state index in [1.165, 1.54) is 25.9 Å². The first-order valence-electron chi connectivity index (χ1n) is 7.83. The van der Waals surface area contributed by atoms with Crippen LogP contribution < -0.4 is 5.32 Å². The minimum Gasteiger partial charge on any atom is -0.352 e. The molecule has 0 saturated carbocycles. The second-order valence-corrected chi connectivity index (χ2v) is 6.95. The van der Waals surface area contributed by atoms with Gasteiger partial charge in [0.25, 0.3) is 5.91 Å². The van der Waals surface area contributed by atoms with E-state index in [9.17, 15) is 4.79 Å². The number of carbonyl (C=O) groups excluding carboxylic acids is 1. The van der Waals surface area contributed by atoms with Gasteiger partial charge in [-0.25, -0.2) is 0 Å². The number of likely N-dealkylation sites (tertiary alicyclic amines) is 1. The maximum Gasteiger partial charge on any atom is 0.251 e. The van der Waals surface area contributed by atoms with E-state index in [-0.39, 0.29) is 5.91 Å². The largest absolute Gasteiger partial charge is 0.352 e. The van der Waals surface area contributed by atoms with Crippen LogP contribution in [0.15, 0.2) is 22.7 Å². The van der Waals surface area contributed by atoms with Gasteiger partial charge in [0.2, 0.25) is 0 Å². The minimum absolute atomic E-state index is 0.0166. The summed E-state index contributed by atoms with van der Waals surface area (Å²) in [5.41, 5.74) is 1.87. The Hall–Kier alpha value is -0.870. The summed E-state index contributed by atoms with van der Waals surface area (Å²) in [6, 6.07) is 5.73. The van der Waals surface area contributed by atoms with Crippen LogP contribution in [0.3, 0.4) is 0 Å². The van der Waals surface area contributed by atoms with Gasteiger partial charge in [-0.2, -0.15) is 0 Å². The highest BCUT2D eigenvalue weighted by Gasteiger charge is 2.15. The van der Waals surface area contributed by atoms with E-state index in [0.717, 1.165) is 41.0 Å². The van der Waals surface area contributed by atoms with Crippen molar-refractivity contribution in [1.29, 1.82) is 0 Å². The minimum atomic E-state index is 0.0166. The number of amides is 1. The molecule has 116 valence electrons. The first-order chi connectivity index (χ1) is 10.1. The smallest absolute Gasteiger partial charge is 0.251 e. The molecule has 4 heteroatoms. The number of hydrogen-bond donors (Lipinski definition) is 1. The SMILES string of the molecule is Cc1ccc(C(=O)NCCCN2CCC(C)CC2)cc1Br. The predicted octanol–water partition coefficient (Wildman–Crippen LogP) is 3.61. The van der Waals surface area contributed by atoms with E-state index in [1.54, 1.807) is 0 Å². The molecule has 1 aliphatic heterocycles. The first kappa shape index (κ1) is 16.5. The molecule has 21 heavy (non-hydrogen) atoms. The number of benzene rings is 1. The Morgan fingerprint density at radius 1 is 1.38 bits per heavy atom. The highest BCUT2D eigenvalue weighted by atomic mass is 79.9. The molecule has 0 radical (unpaired) electrons. The topological polar surface area (TPSA) is 32.3 Å². The van der Waals surface area contributed by atoms with E-state index in [1.807, 2.05) is 25.1 Å². The lowest BCUT2D eigenvalue weighted by atomic mass is 9.99. The number of aryl methyl sites for hydroxylation is 1. The molecule has 0 aromatic heterocycles. The molecular formula is C17H25BrN2O. The molecule has 0 spiro atoms. The van der Waals surface area contributed by atoms with E-state index in [4.69, 9.17) is 0 Å². The second-order valence-electron chi connectivity index (χ2n) is 6.10. The fourth-order valence-corrected chi connectivity index (χ4v) is 3.01. The van der Waals surface area contributed by atoms with Gasteiger partial charge in [0.05, 0.1) is 0 Å². The van der Waals surface area contributed by atoms with Crippen molar-refractivity contribution in [1.82, 2.24) is 10.2 Å². The van der Waals surface area contributed by atoms with Gasteiger partial charge in [0.15, 0.2) is 0 Å². The molecule has 1 aromatic rings. The predicted molar refractivity (Wildman–Crippen MR) is 90.7 cm³/mol. The summed E-state index contributed by atoms with van der Waals surface area (Å²) in [6.07, 6.45) is 3.64. The van der Waals surface area contributed by atoms with Crippen molar-refractivity contribution < 1.29 is 4.79 Å². The Morgan fingerprint density at radius 2 is 2.10 bits per heavy atom. The van der Waals surface area contributed by atoms with Crippen LogP contribution in [0.5, 0.6) is 0 Å². The standard InChI is InChI=1S/C17H25BrN2O/c1-13-6-10-20(11-7-13)9-3-8-19-17(21)15-5-4-14(2)16(18)12-15/h4-5,12-13H,3,6-11H2,1-2H3,(H,19,21). The van der Waals surface area contributed by atoms with Gasteiger partial charge in [0.1, 0.15) is 0 Å². The molecule has 1 saturated heterocycles. The number of nitrogens with zero attached hydrogens (tertiary/aromatic N) is 1. The molecule has 1 heterocycles. The lowest BCUT2D eigenvalue weighted by molar-refractivity contribution is 0.0950. The third kappa shape index (κ3) is 5.11. The Bertz CT molecular complexity index is 482. The van der Waals surface area contributed by atoms with Crippen molar-refractivity contribution in [2.24, 2.45) is 5.92 Å². The lowest BCUT2D eigenvalue weighted by Gasteiger charge is -2.30. The van der Waals surface area contributed by atoms with Crippen LogP contribution in [0, 0.1) is 12.8 Å². The van der Waals surface area contributed by atoms with Gasteiger partial charge in [-0.1, -0.05) is 28.9 Å². The summed E-state index contributed by atoms with van der Waals surface area (Å²) < 4.78 is 0.984. The monoisotopic (exact) mass is 352 g/mol. The summed E-state index contributed by atoms with van der Waals surface area (Å²) >= 11 is 3.47. The number of hydrogen-bond acceptors (Lipinski definition) is 2. The van der Waals surface area contributed by atoms with Gasteiger partial charge in [-0.15, -0.1) is 0 Å². The van der Waals surface area contributed by atoms with Gasteiger partial charge in [-0.05, 0) is 69.4 Å². The molecule has 2 rings (SSSR count). The van der Waals surface area contributed by atoms with Crippen LogP contribution in [-0.4, -0.2) is 37.0 Å². The highest BCUT2D eigenvalue weighted by molar-refractivity contribution is 9.10. The molecule has 0 atom stereocenters. The lowest BCUT2D eigenvalue weighted by Crippen LogP contribution is -2.35. The van der Waals surface area contributed by atoms with Gasteiger partial charge in [-0.3, -0.25) is 4.79 Å². The van der Waals surface area contributed by atoms with Crippen molar-refractivity contribution in [3.8, 4) is 0 Å². The molecule has 0 aliphatic carbocycles. The molecule has 0 unspecified atom stereocenters. The fourth-order valence-electron chi connectivity index (χ4n) is 2.63. The van der Waals surface area contributed by atoms with E-state index in [2.05, 4.69) is 33.1 Å². The molecular weight excluding hydrogens is 328 g/mol. The van der Waals surface area contributed by atoms with Crippen molar-refractivity contribution in [2.75, 3.05) is 26.2 Å². The summed E-state index contributed by atoms with van der Waals surface area (Å²) in [5, 5.41) is 3.01. The number of piperidine rings is 1. The average Bonchev–Trinajstić information content (AvgIpc) is 2.48. The molecule has 0 bridgehead atoms. The zero-order valence-electron chi connectivity index (χ0n) is 13.0. The summed E-state index contributed by atoms with van der Waals surface area (Å²) in [4.78, 5) is 14.6. The van der Waals surface area contributed by atoms with Crippen LogP contribution in [0.2, 0.25) is 0 Å². The molecule has 1 N–H and O–H groups in total. The molecule has 1 fully saturated rings. The van der Waals surface area contributed by atoms with Gasteiger partial charge in [0, 0.05) is 16.6 Å². The average molecular weight is 353 g/mol. The normalized spacial score (nSPS) is 16.9. The fraction of sp³-hybridized carbons (Fsp3) is 0.588. The maximum absolute atomic E-state index is 12.1. The van der Waals surface area contributed by atoms with Crippen molar-refractivity contribution in [2.45, 2.75) is 33.1 Å². The molecule has 3 nitrogen and oxygen atoms in total. The highest BCUT2D eigenvalue weighted by Crippen LogP contribution is 2.17. The summed E-state index contributed by atoms with van der Waals surface area (Å²) in [5.74, 6) is 0.893. The Kier molecular flexibility index (Phi) is 6.24. The summed E-state index contributed by atoms with van der Waals surface area (Å²) in [6.45, 7) is 8.60. The zero-order valence-corrected chi connectivity index (χ0v) is 14.6. The van der Waals surface area contributed by atoms with E-state index >= 15 is 0 Å². The van der Waals surface area contributed by atoms with Crippen LogP contribution in [0.1, 0.15) is 42.1 Å². The Labute approximate surface area is 136 Å². The van der Waals surface area contributed by atoms with Crippen molar-refractivity contribution >= 4 is 21.8 Å². The Balaban J connectivity index is 1.68. The van der Waals surface area contributed by atoms with E-state index in [0.29, 0.717) is 0 Å². The number of nitrogens with one attached hydrogen (secondary N) is 1. The van der Waals surface area contributed by atoms with Gasteiger partial charge >= 0.3 is 0 Å². The zero-order chi connectivity index (χ0) is 15.2. The van der Waals surface area contributed by atoms with Crippen LogP contribution >= 0.6 is 15.9 Å².